The lowest BCUT2D eigenvalue weighted by molar-refractivity contribution is -0.115. The number of benzene rings is 1. The molecule has 0 saturated heterocycles. The van der Waals surface area contributed by atoms with Crippen molar-refractivity contribution in [3.8, 4) is 0 Å². The fourth-order valence-corrected chi connectivity index (χ4v) is 1.83. The normalized spacial score (nSPS) is 10.4. The van der Waals surface area contributed by atoms with Crippen LogP contribution in [-0.4, -0.2) is 11.0 Å². The Morgan fingerprint density at radius 2 is 2.15 bits per heavy atom. The molecule has 0 fully saturated rings. The summed E-state index contributed by atoms with van der Waals surface area (Å²) in [5.41, 5.74) is 0.706. The van der Waals surface area contributed by atoms with E-state index < -0.39 is 0 Å². The Balaban J connectivity index is 1.86. The number of carbonyl (C=O) groups excluding carboxylic acids is 1. The largest absolute Gasteiger partial charge is 0.465 e. The number of hydrogen-bond donors (Lipinski definition) is 2. The Kier molecular flexibility index (Phi) is 4.92. The van der Waals surface area contributed by atoms with E-state index in [0.717, 1.165) is 0 Å². The SMILES string of the molecule is O=C(/C=C/c1ccco1)NC(=S)Nc1cccc(Cl)c1. The Bertz CT molecular complexity index is 638. The van der Waals surface area contributed by atoms with E-state index in [1.165, 1.54) is 12.3 Å². The van der Waals surface area contributed by atoms with Gasteiger partial charge in [-0.25, -0.2) is 0 Å². The Morgan fingerprint density at radius 1 is 1.30 bits per heavy atom. The summed E-state index contributed by atoms with van der Waals surface area (Å²) in [6, 6.07) is 10.5. The molecule has 0 unspecified atom stereocenters. The van der Waals surface area contributed by atoms with Gasteiger partial charge < -0.3 is 9.73 Å². The molecule has 0 saturated carbocycles. The predicted molar refractivity (Wildman–Crippen MR) is 83.6 cm³/mol. The predicted octanol–water partition coefficient (Wildman–Crippen LogP) is 3.46. The third-order valence-electron chi connectivity index (χ3n) is 2.26. The lowest BCUT2D eigenvalue weighted by Gasteiger charge is -2.08. The summed E-state index contributed by atoms with van der Waals surface area (Å²) < 4.78 is 5.07. The van der Waals surface area contributed by atoms with Crippen LogP contribution in [0.1, 0.15) is 5.76 Å². The van der Waals surface area contributed by atoms with Crippen molar-refractivity contribution in [1.29, 1.82) is 0 Å². The highest BCUT2D eigenvalue weighted by Crippen LogP contribution is 2.14. The molecule has 0 aliphatic heterocycles. The highest BCUT2D eigenvalue weighted by molar-refractivity contribution is 7.80. The second kappa shape index (κ2) is 6.88. The quantitative estimate of drug-likeness (QED) is 0.673. The molecular formula is C14H11ClN2O2S. The van der Waals surface area contributed by atoms with E-state index in [4.69, 9.17) is 28.2 Å². The van der Waals surface area contributed by atoms with E-state index in [0.29, 0.717) is 16.5 Å². The molecule has 20 heavy (non-hydrogen) atoms. The molecule has 4 nitrogen and oxygen atoms in total. The average Bonchev–Trinajstić information content (AvgIpc) is 2.89. The van der Waals surface area contributed by atoms with Crippen molar-refractivity contribution in [2.75, 3.05) is 5.32 Å². The first-order valence-electron chi connectivity index (χ1n) is 5.72. The first-order valence-corrected chi connectivity index (χ1v) is 6.51. The van der Waals surface area contributed by atoms with E-state index in [2.05, 4.69) is 10.6 Å². The van der Waals surface area contributed by atoms with Crippen LogP contribution in [0.5, 0.6) is 0 Å². The maximum Gasteiger partial charge on any atom is 0.250 e. The van der Waals surface area contributed by atoms with Crippen molar-refractivity contribution >= 4 is 46.6 Å². The number of nitrogens with one attached hydrogen (secondary N) is 2. The number of rotatable bonds is 3. The number of halogens is 1. The molecule has 2 N–H and O–H groups in total. The Morgan fingerprint density at radius 3 is 2.85 bits per heavy atom. The van der Waals surface area contributed by atoms with Crippen LogP contribution >= 0.6 is 23.8 Å². The van der Waals surface area contributed by atoms with E-state index in [-0.39, 0.29) is 11.0 Å². The summed E-state index contributed by atoms with van der Waals surface area (Å²) in [7, 11) is 0. The van der Waals surface area contributed by atoms with Crippen LogP contribution in [0.4, 0.5) is 5.69 Å². The molecule has 0 aliphatic carbocycles. The second-order valence-electron chi connectivity index (χ2n) is 3.80. The Hall–Kier alpha value is -2.11. The minimum atomic E-state index is -0.346. The van der Waals surface area contributed by atoms with Gasteiger partial charge >= 0.3 is 0 Å². The molecule has 0 spiro atoms. The summed E-state index contributed by atoms with van der Waals surface area (Å²) in [5.74, 6) is 0.245. The zero-order chi connectivity index (χ0) is 14.4. The van der Waals surface area contributed by atoms with Crippen LogP contribution in [0.3, 0.4) is 0 Å². The summed E-state index contributed by atoms with van der Waals surface area (Å²) in [5, 5.41) is 6.17. The molecule has 1 amide bonds. The van der Waals surface area contributed by atoms with Gasteiger partial charge in [-0.15, -0.1) is 0 Å². The fraction of sp³-hybridized carbons (Fsp3) is 0. The maximum absolute atomic E-state index is 11.6. The van der Waals surface area contributed by atoms with Crippen molar-refractivity contribution in [3.63, 3.8) is 0 Å². The number of amides is 1. The van der Waals surface area contributed by atoms with Crippen LogP contribution in [0.15, 0.2) is 53.2 Å². The van der Waals surface area contributed by atoms with E-state index in [1.807, 2.05) is 0 Å². The molecular weight excluding hydrogens is 296 g/mol. The molecule has 0 radical (unpaired) electrons. The molecule has 102 valence electrons. The second-order valence-corrected chi connectivity index (χ2v) is 4.65. The number of furan rings is 1. The van der Waals surface area contributed by atoms with Crippen molar-refractivity contribution in [3.05, 3.63) is 59.5 Å². The topological polar surface area (TPSA) is 54.3 Å². The van der Waals surface area contributed by atoms with Crippen LogP contribution in [0.2, 0.25) is 5.02 Å². The monoisotopic (exact) mass is 306 g/mol. The van der Waals surface area contributed by atoms with Crippen molar-refractivity contribution in [2.45, 2.75) is 0 Å². The third-order valence-corrected chi connectivity index (χ3v) is 2.70. The van der Waals surface area contributed by atoms with Gasteiger partial charge in [0.2, 0.25) is 5.91 Å². The zero-order valence-electron chi connectivity index (χ0n) is 10.3. The summed E-state index contributed by atoms with van der Waals surface area (Å²) in [6.07, 6.45) is 4.42. The van der Waals surface area contributed by atoms with E-state index in [9.17, 15) is 4.79 Å². The number of thiocarbonyl (C=S) groups is 1. The molecule has 0 atom stereocenters. The van der Waals surface area contributed by atoms with Gasteiger partial charge in [-0.3, -0.25) is 10.1 Å². The smallest absolute Gasteiger partial charge is 0.250 e. The molecule has 0 bridgehead atoms. The molecule has 1 heterocycles. The highest BCUT2D eigenvalue weighted by Gasteiger charge is 2.02. The minimum absolute atomic E-state index is 0.196. The van der Waals surface area contributed by atoms with Crippen LogP contribution < -0.4 is 10.6 Å². The molecule has 1 aromatic heterocycles. The van der Waals surface area contributed by atoms with Crippen molar-refractivity contribution < 1.29 is 9.21 Å². The van der Waals surface area contributed by atoms with Crippen LogP contribution in [0, 0.1) is 0 Å². The molecule has 0 aliphatic rings. The molecule has 1 aromatic carbocycles. The summed E-state index contributed by atoms with van der Waals surface area (Å²) >= 11 is 10.9. The van der Waals surface area contributed by atoms with Gasteiger partial charge in [0.05, 0.1) is 6.26 Å². The first-order chi connectivity index (χ1) is 9.63. The van der Waals surface area contributed by atoms with Gasteiger partial charge in [0, 0.05) is 16.8 Å². The van der Waals surface area contributed by atoms with Gasteiger partial charge in [-0.05, 0) is 48.6 Å². The first kappa shape index (κ1) is 14.3. The maximum atomic E-state index is 11.6. The number of anilines is 1. The lowest BCUT2D eigenvalue weighted by atomic mass is 10.3. The van der Waals surface area contributed by atoms with Crippen LogP contribution in [0.25, 0.3) is 6.08 Å². The molecule has 2 rings (SSSR count). The van der Waals surface area contributed by atoms with E-state index in [1.54, 1.807) is 42.5 Å². The van der Waals surface area contributed by atoms with Gasteiger partial charge in [0.15, 0.2) is 5.11 Å². The number of hydrogen-bond acceptors (Lipinski definition) is 3. The number of carbonyl (C=O) groups is 1. The molecule has 6 heteroatoms. The van der Waals surface area contributed by atoms with Gasteiger partial charge in [-0.2, -0.15) is 0 Å². The zero-order valence-corrected chi connectivity index (χ0v) is 11.9. The van der Waals surface area contributed by atoms with Gasteiger partial charge in [-0.1, -0.05) is 17.7 Å². The standard InChI is InChI=1S/C14H11ClN2O2S/c15-10-3-1-4-11(9-10)16-14(20)17-13(18)7-6-12-5-2-8-19-12/h1-9H,(H2,16,17,18,20)/b7-6+. The minimum Gasteiger partial charge on any atom is -0.465 e. The van der Waals surface area contributed by atoms with Gasteiger partial charge in [0.25, 0.3) is 0 Å². The average molecular weight is 307 g/mol. The lowest BCUT2D eigenvalue weighted by Crippen LogP contribution is -2.32. The molecule has 2 aromatic rings. The highest BCUT2D eigenvalue weighted by atomic mass is 35.5. The van der Waals surface area contributed by atoms with E-state index >= 15 is 0 Å². The summed E-state index contributed by atoms with van der Waals surface area (Å²) in [6.45, 7) is 0. The fourth-order valence-electron chi connectivity index (χ4n) is 1.43. The van der Waals surface area contributed by atoms with Gasteiger partial charge in [0.1, 0.15) is 5.76 Å². The van der Waals surface area contributed by atoms with Crippen LogP contribution in [-0.2, 0) is 4.79 Å². The van der Waals surface area contributed by atoms with Crippen molar-refractivity contribution in [2.24, 2.45) is 0 Å². The third kappa shape index (κ3) is 4.53. The Labute approximate surface area is 126 Å². The summed E-state index contributed by atoms with van der Waals surface area (Å²) in [4.78, 5) is 11.6. The van der Waals surface area contributed by atoms with Crippen molar-refractivity contribution in [1.82, 2.24) is 5.32 Å².